The number of nitrogens with one attached hydrogen (secondary N) is 1. The number of anilines is 1. The first-order chi connectivity index (χ1) is 10.7. The number of hydrogen-bond donors (Lipinski definition) is 2. The minimum Gasteiger partial charge on any atom is -0.480 e. The van der Waals surface area contributed by atoms with Gasteiger partial charge in [0.25, 0.3) is 0 Å². The van der Waals surface area contributed by atoms with Gasteiger partial charge in [0.05, 0.1) is 5.56 Å². The Balaban J connectivity index is 2.21. The van der Waals surface area contributed by atoms with Crippen LogP contribution in [-0.2, 0) is 17.4 Å². The van der Waals surface area contributed by atoms with E-state index in [1.54, 1.807) is 30.3 Å². The number of carboxylic acids is 1. The van der Waals surface area contributed by atoms with E-state index in [9.17, 15) is 23.1 Å². The number of carbonyl (C=O) groups is 1. The minimum atomic E-state index is -4.41. The Hall–Kier alpha value is -2.50. The van der Waals surface area contributed by atoms with E-state index in [4.69, 9.17) is 0 Å². The SMILES string of the molecule is C[C@@](Cc1ccc(C(F)(F)F)cc1)(Nc1ccccc1)C(=O)O. The minimum absolute atomic E-state index is 0.0510. The van der Waals surface area contributed by atoms with Crippen LogP contribution < -0.4 is 5.32 Å². The maximum Gasteiger partial charge on any atom is 0.416 e. The standard InChI is InChI=1S/C17H16F3NO2/c1-16(15(22)23,21-14-5-3-2-4-6-14)11-12-7-9-13(10-8-12)17(18,19)20/h2-10,21H,11H2,1H3,(H,22,23)/t16-/m0/s1. The van der Waals surface area contributed by atoms with Crippen LogP contribution in [0.5, 0.6) is 0 Å². The molecule has 23 heavy (non-hydrogen) atoms. The fourth-order valence-corrected chi connectivity index (χ4v) is 2.23. The predicted octanol–water partition coefficient (Wildman–Crippen LogP) is 4.20. The monoisotopic (exact) mass is 323 g/mol. The summed E-state index contributed by atoms with van der Waals surface area (Å²) in [7, 11) is 0. The van der Waals surface area contributed by atoms with E-state index in [0.717, 1.165) is 12.1 Å². The molecule has 2 N–H and O–H groups in total. The van der Waals surface area contributed by atoms with Crippen LogP contribution in [0, 0.1) is 0 Å². The zero-order valence-electron chi connectivity index (χ0n) is 12.4. The van der Waals surface area contributed by atoms with Crippen molar-refractivity contribution in [3.8, 4) is 0 Å². The van der Waals surface area contributed by atoms with E-state index in [1.165, 1.54) is 19.1 Å². The van der Waals surface area contributed by atoms with Crippen LogP contribution in [0.25, 0.3) is 0 Å². The van der Waals surface area contributed by atoms with Crippen molar-refractivity contribution in [2.45, 2.75) is 25.1 Å². The summed E-state index contributed by atoms with van der Waals surface area (Å²) in [4.78, 5) is 11.6. The molecule has 122 valence electrons. The molecule has 0 saturated heterocycles. The number of alkyl halides is 3. The van der Waals surface area contributed by atoms with Crippen molar-refractivity contribution in [2.24, 2.45) is 0 Å². The number of carboxylic acid groups (broad SMARTS) is 1. The summed E-state index contributed by atoms with van der Waals surface area (Å²) in [6, 6.07) is 13.3. The zero-order valence-corrected chi connectivity index (χ0v) is 12.4. The highest BCUT2D eigenvalue weighted by Crippen LogP contribution is 2.30. The molecule has 0 fully saturated rings. The number of rotatable bonds is 5. The van der Waals surface area contributed by atoms with Crippen molar-refractivity contribution in [1.82, 2.24) is 0 Å². The number of para-hydroxylation sites is 1. The van der Waals surface area contributed by atoms with Gasteiger partial charge >= 0.3 is 12.1 Å². The van der Waals surface area contributed by atoms with Gasteiger partial charge in [-0.1, -0.05) is 30.3 Å². The van der Waals surface area contributed by atoms with Gasteiger partial charge in [-0.15, -0.1) is 0 Å². The van der Waals surface area contributed by atoms with Crippen molar-refractivity contribution >= 4 is 11.7 Å². The van der Waals surface area contributed by atoms with E-state index in [0.29, 0.717) is 11.3 Å². The van der Waals surface area contributed by atoms with E-state index in [1.807, 2.05) is 0 Å². The third-order valence-electron chi connectivity index (χ3n) is 3.50. The maximum atomic E-state index is 12.6. The molecule has 0 saturated carbocycles. The molecule has 2 aromatic rings. The summed E-state index contributed by atoms with van der Waals surface area (Å²) in [5.74, 6) is -1.08. The number of aliphatic carboxylic acids is 1. The van der Waals surface area contributed by atoms with E-state index in [-0.39, 0.29) is 6.42 Å². The van der Waals surface area contributed by atoms with E-state index < -0.39 is 23.2 Å². The zero-order chi connectivity index (χ0) is 17.1. The second kappa shape index (κ2) is 6.32. The summed E-state index contributed by atoms with van der Waals surface area (Å²) in [5, 5.41) is 12.4. The quantitative estimate of drug-likeness (QED) is 0.867. The molecule has 0 unspecified atom stereocenters. The molecular formula is C17H16F3NO2. The molecule has 1 atom stereocenters. The molecule has 0 radical (unpaired) electrons. The molecule has 0 amide bonds. The van der Waals surface area contributed by atoms with E-state index in [2.05, 4.69) is 5.32 Å². The Morgan fingerprint density at radius 2 is 1.61 bits per heavy atom. The third-order valence-corrected chi connectivity index (χ3v) is 3.50. The second-order valence-corrected chi connectivity index (χ2v) is 5.50. The van der Waals surface area contributed by atoms with Crippen molar-refractivity contribution in [3.63, 3.8) is 0 Å². The van der Waals surface area contributed by atoms with Crippen molar-refractivity contribution in [1.29, 1.82) is 0 Å². The van der Waals surface area contributed by atoms with Crippen LogP contribution in [0.4, 0.5) is 18.9 Å². The molecule has 2 rings (SSSR count). The molecule has 0 bridgehead atoms. The maximum absolute atomic E-state index is 12.6. The lowest BCUT2D eigenvalue weighted by Crippen LogP contribution is -2.45. The van der Waals surface area contributed by atoms with Gasteiger partial charge in [-0.25, -0.2) is 4.79 Å². The lowest BCUT2D eigenvalue weighted by molar-refractivity contribution is -0.141. The first kappa shape index (κ1) is 16.9. The van der Waals surface area contributed by atoms with Gasteiger partial charge in [-0.3, -0.25) is 0 Å². The van der Waals surface area contributed by atoms with Gasteiger partial charge < -0.3 is 10.4 Å². The Bertz CT molecular complexity index is 668. The fraction of sp³-hybridized carbons (Fsp3) is 0.235. The van der Waals surface area contributed by atoms with Gasteiger partial charge in [0, 0.05) is 12.1 Å². The van der Waals surface area contributed by atoms with Crippen LogP contribution in [-0.4, -0.2) is 16.6 Å². The van der Waals surface area contributed by atoms with Crippen LogP contribution in [0.2, 0.25) is 0 Å². The predicted molar refractivity (Wildman–Crippen MR) is 81.3 cm³/mol. The summed E-state index contributed by atoms with van der Waals surface area (Å²) in [5.41, 5.74) is -0.953. The highest BCUT2D eigenvalue weighted by molar-refractivity contribution is 5.82. The highest BCUT2D eigenvalue weighted by atomic mass is 19.4. The average Bonchev–Trinajstić information content (AvgIpc) is 2.47. The topological polar surface area (TPSA) is 49.3 Å². The largest absolute Gasteiger partial charge is 0.480 e. The Kier molecular flexibility index (Phi) is 4.63. The molecule has 6 heteroatoms. The summed E-state index contributed by atoms with van der Waals surface area (Å²) in [6.07, 6.45) is -4.35. The average molecular weight is 323 g/mol. The van der Waals surface area contributed by atoms with Crippen molar-refractivity contribution in [3.05, 3.63) is 65.7 Å². The van der Waals surface area contributed by atoms with Crippen LogP contribution in [0.3, 0.4) is 0 Å². The Labute approximate surface area is 131 Å². The molecule has 0 heterocycles. The lowest BCUT2D eigenvalue weighted by atomic mass is 9.92. The number of hydrogen-bond acceptors (Lipinski definition) is 2. The van der Waals surface area contributed by atoms with E-state index >= 15 is 0 Å². The summed E-state index contributed by atoms with van der Waals surface area (Å²) >= 11 is 0. The van der Waals surface area contributed by atoms with Crippen molar-refractivity contribution in [2.75, 3.05) is 5.32 Å². The van der Waals surface area contributed by atoms with Gasteiger partial charge in [-0.2, -0.15) is 13.2 Å². The summed E-state index contributed by atoms with van der Waals surface area (Å²) in [6.45, 7) is 1.50. The van der Waals surface area contributed by atoms with Gasteiger partial charge in [-0.05, 0) is 36.8 Å². The third kappa shape index (κ3) is 4.25. The number of benzene rings is 2. The van der Waals surface area contributed by atoms with Crippen LogP contribution in [0.1, 0.15) is 18.1 Å². The Morgan fingerprint density at radius 3 is 2.09 bits per heavy atom. The smallest absolute Gasteiger partial charge is 0.416 e. The molecule has 3 nitrogen and oxygen atoms in total. The summed E-state index contributed by atoms with van der Waals surface area (Å²) < 4.78 is 37.7. The highest BCUT2D eigenvalue weighted by Gasteiger charge is 2.34. The normalized spacial score (nSPS) is 14.1. The van der Waals surface area contributed by atoms with Gasteiger partial charge in [0.2, 0.25) is 0 Å². The van der Waals surface area contributed by atoms with Crippen LogP contribution in [0.15, 0.2) is 54.6 Å². The molecule has 0 aliphatic heterocycles. The molecular weight excluding hydrogens is 307 g/mol. The fourth-order valence-electron chi connectivity index (χ4n) is 2.23. The van der Waals surface area contributed by atoms with Crippen molar-refractivity contribution < 1.29 is 23.1 Å². The number of halogens is 3. The molecule has 0 spiro atoms. The second-order valence-electron chi connectivity index (χ2n) is 5.50. The first-order valence-corrected chi connectivity index (χ1v) is 6.93. The van der Waals surface area contributed by atoms with Gasteiger partial charge in [0.1, 0.15) is 5.54 Å². The van der Waals surface area contributed by atoms with Gasteiger partial charge in [0.15, 0.2) is 0 Å². The molecule has 0 aliphatic carbocycles. The molecule has 0 aromatic heterocycles. The Morgan fingerprint density at radius 1 is 1.04 bits per heavy atom. The first-order valence-electron chi connectivity index (χ1n) is 6.93. The van der Waals surface area contributed by atoms with Crippen LogP contribution >= 0.6 is 0 Å². The lowest BCUT2D eigenvalue weighted by Gasteiger charge is -2.27. The molecule has 0 aliphatic rings. The molecule has 2 aromatic carbocycles.